The first kappa shape index (κ1) is 13.6. The normalized spacial score (nSPS) is 26.2. The summed E-state index contributed by atoms with van der Waals surface area (Å²) in [6.45, 7) is 2.50. The zero-order chi connectivity index (χ0) is 13.0. The molecule has 1 saturated carbocycles. The molecule has 0 amide bonds. The molecule has 0 radical (unpaired) electrons. The van der Waals surface area contributed by atoms with E-state index in [2.05, 4.69) is 23.5 Å². The van der Waals surface area contributed by atoms with E-state index in [0.717, 1.165) is 12.8 Å². The van der Waals surface area contributed by atoms with Crippen molar-refractivity contribution in [2.75, 3.05) is 6.61 Å². The van der Waals surface area contributed by atoms with Gasteiger partial charge in [-0.2, -0.15) is 5.10 Å². The summed E-state index contributed by atoms with van der Waals surface area (Å²) in [6.07, 6.45) is 9.95. The summed E-state index contributed by atoms with van der Waals surface area (Å²) >= 11 is 0. The molecule has 1 aliphatic rings. The third kappa shape index (κ3) is 3.12. The summed E-state index contributed by atoms with van der Waals surface area (Å²) in [7, 11) is 1.95. The van der Waals surface area contributed by atoms with E-state index < -0.39 is 0 Å². The van der Waals surface area contributed by atoms with Gasteiger partial charge in [-0.3, -0.25) is 4.68 Å². The Hall–Kier alpha value is -0.870. The molecule has 1 fully saturated rings. The van der Waals surface area contributed by atoms with Gasteiger partial charge in [0.2, 0.25) is 0 Å². The van der Waals surface area contributed by atoms with Crippen molar-refractivity contribution in [3.05, 3.63) is 18.0 Å². The minimum atomic E-state index is 0.307. The highest BCUT2D eigenvalue weighted by atomic mass is 16.3. The molecule has 1 aliphatic carbocycles. The fourth-order valence-corrected chi connectivity index (χ4v) is 2.97. The molecular formula is C14H25N3O. The van der Waals surface area contributed by atoms with Crippen molar-refractivity contribution >= 4 is 0 Å². The van der Waals surface area contributed by atoms with Gasteiger partial charge in [-0.05, 0) is 25.2 Å². The number of rotatable bonds is 5. The second kappa shape index (κ2) is 6.34. The molecule has 102 valence electrons. The number of aliphatic hydroxyl groups excluding tert-OH is 1. The minimum absolute atomic E-state index is 0.307. The van der Waals surface area contributed by atoms with Crippen molar-refractivity contribution in [2.45, 2.75) is 51.1 Å². The lowest BCUT2D eigenvalue weighted by Gasteiger charge is -2.34. The Bertz CT molecular complexity index is 364. The Balaban J connectivity index is 2.00. The first-order valence-electron chi connectivity index (χ1n) is 7.10. The largest absolute Gasteiger partial charge is 0.396 e. The number of aliphatic hydroxyl groups is 1. The molecule has 0 aromatic carbocycles. The van der Waals surface area contributed by atoms with E-state index in [4.69, 9.17) is 0 Å². The number of aryl methyl sites for hydroxylation is 1. The summed E-state index contributed by atoms with van der Waals surface area (Å²) in [4.78, 5) is 0. The lowest BCUT2D eigenvalue weighted by atomic mass is 9.84. The highest BCUT2D eigenvalue weighted by Gasteiger charge is 2.26. The molecule has 1 aromatic rings. The number of hydrogen-bond acceptors (Lipinski definition) is 3. The van der Waals surface area contributed by atoms with Gasteiger partial charge in [-0.15, -0.1) is 0 Å². The van der Waals surface area contributed by atoms with Crippen LogP contribution in [0, 0.1) is 5.92 Å². The van der Waals surface area contributed by atoms with Crippen LogP contribution in [0.25, 0.3) is 0 Å². The summed E-state index contributed by atoms with van der Waals surface area (Å²) < 4.78 is 1.85. The van der Waals surface area contributed by atoms with Gasteiger partial charge < -0.3 is 10.4 Å². The summed E-state index contributed by atoms with van der Waals surface area (Å²) in [5.41, 5.74) is 1.25. The average Bonchev–Trinajstić information content (AvgIpc) is 2.83. The van der Waals surface area contributed by atoms with E-state index in [1.807, 2.05) is 17.9 Å². The van der Waals surface area contributed by atoms with Crippen LogP contribution in [-0.4, -0.2) is 27.5 Å². The quantitative estimate of drug-likeness (QED) is 0.841. The highest BCUT2D eigenvalue weighted by Crippen LogP contribution is 2.27. The monoisotopic (exact) mass is 251 g/mol. The Morgan fingerprint density at radius 1 is 1.50 bits per heavy atom. The molecule has 2 rings (SSSR count). The van der Waals surface area contributed by atoms with Crippen molar-refractivity contribution in [3.63, 3.8) is 0 Å². The van der Waals surface area contributed by atoms with Crippen LogP contribution >= 0.6 is 0 Å². The fraction of sp³-hybridized carbons (Fsp3) is 0.786. The Morgan fingerprint density at radius 2 is 2.28 bits per heavy atom. The zero-order valence-corrected chi connectivity index (χ0v) is 11.5. The molecule has 0 aliphatic heterocycles. The lowest BCUT2D eigenvalue weighted by molar-refractivity contribution is 0.145. The standard InChI is InChI=1S/C14H25N3O/c1-3-13(12-8-15-17(2)9-12)16-14-7-5-4-6-11(14)10-18/h8-9,11,13-14,16,18H,3-7,10H2,1-2H3. The van der Waals surface area contributed by atoms with Gasteiger partial charge in [-0.1, -0.05) is 19.8 Å². The van der Waals surface area contributed by atoms with Gasteiger partial charge in [0.15, 0.2) is 0 Å². The van der Waals surface area contributed by atoms with Crippen LogP contribution in [-0.2, 0) is 7.05 Å². The number of nitrogens with one attached hydrogen (secondary N) is 1. The van der Waals surface area contributed by atoms with E-state index in [-0.39, 0.29) is 0 Å². The van der Waals surface area contributed by atoms with Gasteiger partial charge in [0.25, 0.3) is 0 Å². The minimum Gasteiger partial charge on any atom is -0.396 e. The fourth-order valence-electron chi connectivity index (χ4n) is 2.97. The first-order valence-corrected chi connectivity index (χ1v) is 7.10. The van der Waals surface area contributed by atoms with Crippen LogP contribution < -0.4 is 5.32 Å². The predicted octanol–water partition coefficient (Wildman–Crippen LogP) is 2.01. The Kier molecular flexibility index (Phi) is 4.78. The lowest BCUT2D eigenvalue weighted by Crippen LogP contribution is -2.41. The van der Waals surface area contributed by atoms with Crippen LogP contribution in [0.3, 0.4) is 0 Å². The SMILES string of the molecule is CCC(NC1CCCCC1CO)c1cnn(C)c1. The van der Waals surface area contributed by atoms with Crippen molar-refractivity contribution in [2.24, 2.45) is 13.0 Å². The predicted molar refractivity (Wildman–Crippen MR) is 72.2 cm³/mol. The number of hydrogen-bond donors (Lipinski definition) is 2. The molecular weight excluding hydrogens is 226 g/mol. The van der Waals surface area contributed by atoms with E-state index in [1.54, 1.807) is 0 Å². The second-order valence-electron chi connectivity index (χ2n) is 5.41. The maximum atomic E-state index is 9.47. The molecule has 1 heterocycles. The van der Waals surface area contributed by atoms with Crippen LogP contribution in [0.15, 0.2) is 12.4 Å². The maximum Gasteiger partial charge on any atom is 0.0537 e. The first-order chi connectivity index (χ1) is 8.74. The Morgan fingerprint density at radius 3 is 2.89 bits per heavy atom. The van der Waals surface area contributed by atoms with Gasteiger partial charge in [0.1, 0.15) is 0 Å². The molecule has 3 atom stereocenters. The van der Waals surface area contributed by atoms with Gasteiger partial charge >= 0.3 is 0 Å². The highest BCUT2D eigenvalue weighted by molar-refractivity contribution is 5.10. The van der Waals surface area contributed by atoms with E-state index in [0.29, 0.717) is 24.6 Å². The van der Waals surface area contributed by atoms with E-state index in [1.165, 1.54) is 24.8 Å². The Labute approximate surface area is 109 Å². The summed E-state index contributed by atoms with van der Waals surface area (Å²) in [6, 6.07) is 0.810. The third-order valence-corrected chi connectivity index (χ3v) is 4.09. The van der Waals surface area contributed by atoms with Crippen LogP contribution in [0.1, 0.15) is 50.6 Å². The van der Waals surface area contributed by atoms with Crippen molar-refractivity contribution < 1.29 is 5.11 Å². The van der Waals surface area contributed by atoms with Crippen LogP contribution in [0.5, 0.6) is 0 Å². The number of nitrogens with zero attached hydrogens (tertiary/aromatic N) is 2. The van der Waals surface area contributed by atoms with Crippen molar-refractivity contribution in [3.8, 4) is 0 Å². The van der Waals surface area contributed by atoms with Gasteiger partial charge in [-0.25, -0.2) is 0 Å². The smallest absolute Gasteiger partial charge is 0.0537 e. The second-order valence-corrected chi connectivity index (χ2v) is 5.41. The number of aromatic nitrogens is 2. The molecule has 0 spiro atoms. The third-order valence-electron chi connectivity index (χ3n) is 4.09. The molecule has 2 N–H and O–H groups in total. The van der Waals surface area contributed by atoms with E-state index in [9.17, 15) is 5.11 Å². The summed E-state index contributed by atoms with van der Waals surface area (Å²) in [5, 5.41) is 17.4. The van der Waals surface area contributed by atoms with Crippen LogP contribution in [0.2, 0.25) is 0 Å². The topological polar surface area (TPSA) is 50.1 Å². The molecule has 4 nitrogen and oxygen atoms in total. The summed E-state index contributed by atoms with van der Waals surface area (Å²) in [5.74, 6) is 0.421. The molecule has 0 bridgehead atoms. The zero-order valence-electron chi connectivity index (χ0n) is 11.5. The van der Waals surface area contributed by atoms with Gasteiger partial charge in [0.05, 0.1) is 6.20 Å². The molecule has 4 heteroatoms. The molecule has 3 unspecified atom stereocenters. The molecule has 1 aromatic heterocycles. The van der Waals surface area contributed by atoms with Gasteiger partial charge in [0, 0.05) is 37.5 Å². The average molecular weight is 251 g/mol. The van der Waals surface area contributed by atoms with Crippen LogP contribution in [0.4, 0.5) is 0 Å². The van der Waals surface area contributed by atoms with E-state index >= 15 is 0 Å². The van der Waals surface area contributed by atoms with Crippen molar-refractivity contribution in [1.29, 1.82) is 0 Å². The maximum absolute atomic E-state index is 9.47. The van der Waals surface area contributed by atoms with Crippen molar-refractivity contribution in [1.82, 2.24) is 15.1 Å². The molecule has 0 saturated heterocycles. The molecule has 18 heavy (non-hydrogen) atoms.